The number of nitrogen functional groups attached to an aromatic ring is 1. The van der Waals surface area contributed by atoms with Crippen LogP contribution in [-0.2, 0) is 0 Å². The predicted molar refractivity (Wildman–Crippen MR) is 64.4 cm³/mol. The van der Waals surface area contributed by atoms with E-state index < -0.39 is 17.3 Å². The molecular formula is C12H16FN3O2. The first kappa shape index (κ1) is 12.8. The molecule has 1 aliphatic rings. The molecule has 98 valence electrons. The van der Waals surface area contributed by atoms with Gasteiger partial charge in [-0.1, -0.05) is 0 Å². The summed E-state index contributed by atoms with van der Waals surface area (Å²) in [4.78, 5) is 17.2. The molecule has 1 aromatic heterocycles. The van der Waals surface area contributed by atoms with E-state index in [2.05, 4.69) is 4.98 Å². The first-order valence-electron chi connectivity index (χ1n) is 5.82. The number of nitrogens with two attached hydrogens (primary N) is 1. The molecule has 5 nitrogen and oxygen atoms in total. The first-order chi connectivity index (χ1) is 8.41. The fourth-order valence-electron chi connectivity index (χ4n) is 1.99. The van der Waals surface area contributed by atoms with E-state index >= 15 is 0 Å². The van der Waals surface area contributed by atoms with Gasteiger partial charge in [-0.2, -0.15) is 0 Å². The summed E-state index contributed by atoms with van der Waals surface area (Å²) in [5.74, 6) is -1.46. The van der Waals surface area contributed by atoms with Crippen molar-refractivity contribution < 1.29 is 14.3 Å². The van der Waals surface area contributed by atoms with Crippen molar-refractivity contribution in [3.8, 4) is 0 Å². The molecule has 1 saturated heterocycles. The molecule has 6 heteroatoms. The van der Waals surface area contributed by atoms with Crippen molar-refractivity contribution in [3.05, 3.63) is 23.6 Å². The molecule has 0 aromatic carbocycles. The first-order valence-corrected chi connectivity index (χ1v) is 5.82. The van der Waals surface area contributed by atoms with Crippen LogP contribution in [0.3, 0.4) is 0 Å². The molecule has 0 atom stereocenters. The molecule has 0 bridgehead atoms. The topological polar surface area (TPSA) is 79.5 Å². The number of carbonyl (C=O) groups excluding carboxylic acids is 1. The monoisotopic (exact) mass is 253 g/mol. The van der Waals surface area contributed by atoms with Gasteiger partial charge < -0.3 is 15.7 Å². The van der Waals surface area contributed by atoms with Gasteiger partial charge in [0, 0.05) is 19.3 Å². The van der Waals surface area contributed by atoms with Crippen LogP contribution in [0.5, 0.6) is 0 Å². The Morgan fingerprint density at radius 3 is 2.78 bits per heavy atom. The molecule has 1 amide bonds. The number of likely N-dealkylation sites (tertiary alicyclic amines) is 1. The fraction of sp³-hybridized carbons (Fsp3) is 0.500. The van der Waals surface area contributed by atoms with E-state index in [1.54, 1.807) is 6.92 Å². The summed E-state index contributed by atoms with van der Waals surface area (Å²) in [5, 5.41) is 9.80. The second-order valence-electron chi connectivity index (χ2n) is 4.85. The van der Waals surface area contributed by atoms with Gasteiger partial charge in [0.1, 0.15) is 0 Å². The van der Waals surface area contributed by atoms with Gasteiger partial charge in [-0.25, -0.2) is 9.37 Å². The van der Waals surface area contributed by atoms with Crippen molar-refractivity contribution in [2.24, 2.45) is 0 Å². The molecule has 0 radical (unpaired) electrons. The Morgan fingerprint density at radius 2 is 2.17 bits per heavy atom. The Morgan fingerprint density at radius 1 is 1.56 bits per heavy atom. The zero-order valence-corrected chi connectivity index (χ0v) is 10.2. The third kappa shape index (κ3) is 2.43. The summed E-state index contributed by atoms with van der Waals surface area (Å²) in [6.45, 7) is 2.56. The van der Waals surface area contributed by atoms with Crippen LogP contribution in [0.2, 0.25) is 0 Å². The lowest BCUT2D eigenvalue weighted by atomic mass is 9.93. The molecule has 18 heavy (non-hydrogen) atoms. The summed E-state index contributed by atoms with van der Waals surface area (Å²) in [6.07, 6.45) is 2.29. The molecule has 0 unspecified atom stereocenters. The molecule has 1 fully saturated rings. The maximum atomic E-state index is 13.7. The quantitative estimate of drug-likeness (QED) is 0.775. The lowest BCUT2D eigenvalue weighted by Gasteiger charge is -2.35. The number of piperidine rings is 1. The normalized spacial score (nSPS) is 18.7. The van der Waals surface area contributed by atoms with Crippen LogP contribution in [0, 0.1) is 5.82 Å². The molecule has 1 aliphatic heterocycles. The average Bonchev–Trinajstić information content (AvgIpc) is 2.32. The number of nitrogens with zero attached hydrogens (tertiary/aromatic N) is 2. The molecule has 0 spiro atoms. The zero-order chi connectivity index (χ0) is 13.3. The highest BCUT2D eigenvalue weighted by Gasteiger charge is 2.31. The van der Waals surface area contributed by atoms with Crippen molar-refractivity contribution in [2.75, 3.05) is 18.8 Å². The molecule has 2 rings (SSSR count). The maximum Gasteiger partial charge on any atom is 0.257 e. The third-order valence-electron chi connectivity index (χ3n) is 3.27. The Hall–Kier alpha value is -1.69. The summed E-state index contributed by atoms with van der Waals surface area (Å²) in [5.41, 5.74) is 4.53. The van der Waals surface area contributed by atoms with E-state index in [1.165, 1.54) is 17.2 Å². The average molecular weight is 253 g/mol. The predicted octanol–water partition coefficient (Wildman–Crippen LogP) is 0.790. The highest BCUT2D eigenvalue weighted by molar-refractivity contribution is 5.95. The van der Waals surface area contributed by atoms with Gasteiger partial charge in [-0.05, 0) is 25.8 Å². The fourth-order valence-corrected chi connectivity index (χ4v) is 1.99. The Bertz CT molecular complexity index is 466. The van der Waals surface area contributed by atoms with Crippen molar-refractivity contribution in [1.29, 1.82) is 0 Å². The molecule has 0 aliphatic carbocycles. The number of aromatic nitrogens is 1. The standard InChI is InChI=1S/C12H16FN3O2/c1-12(18)3-6-16(7-4-12)11(17)8-2-5-15-10(14)9(8)13/h2,5,18H,3-4,6-7H2,1H3,(H2,14,15). The minimum Gasteiger partial charge on any atom is -0.390 e. The van der Waals surface area contributed by atoms with Gasteiger partial charge in [-0.3, -0.25) is 4.79 Å². The van der Waals surface area contributed by atoms with E-state index in [0.717, 1.165) is 0 Å². The molecule has 1 aromatic rings. The zero-order valence-electron chi connectivity index (χ0n) is 10.2. The summed E-state index contributed by atoms with van der Waals surface area (Å²) in [7, 11) is 0. The van der Waals surface area contributed by atoms with E-state index in [1.807, 2.05) is 0 Å². The number of anilines is 1. The second-order valence-corrected chi connectivity index (χ2v) is 4.85. The van der Waals surface area contributed by atoms with Crippen LogP contribution < -0.4 is 5.73 Å². The number of hydrogen-bond acceptors (Lipinski definition) is 4. The van der Waals surface area contributed by atoms with Gasteiger partial charge in [0.05, 0.1) is 11.2 Å². The molecule has 3 N–H and O–H groups in total. The second kappa shape index (κ2) is 4.53. The number of rotatable bonds is 1. The van der Waals surface area contributed by atoms with Gasteiger partial charge in [0.2, 0.25) is 0 Å². The van der Waals surface area contributed by atoms with Gasteiger partial charge in [0.15, 0.2) is 11.6 Å². The number of amides is 1. The minimum atomic E-state index is -0.778. The van der Waals surface area contributed by atoms with Crippen LogP contribution in [0.25, 0.3) is 0 Å². The van der Waals surface area contributed by atoms with Crippen molar-refractivity contribution in [1.82, 2.24) is 9.88 Å². The SMILES string of the molecule is CC1(O)CCN(C(=O)c2ccnc(N)c2F)CC1. The van der Waals surface area contributed by atoms with E-state index in [-0.39, 0.29) is 11.4 Å². The molecular weight excluding hydrogens is 237 g/mol. The number of hydrogen-bond donors (Lipinski definition) is 2. The minimum absolute atomic E-state index is 0.0657. The highest BCUT2D eigenvalue weighted by atomic mass is 19.1. The number of aliphatic hydroxyl groups is 1. The van der Waals surface area contributed by atoms with Gasteiger partial charge in [-0.15, -0.1) is 0 Å². The van der Waals surface area contributed by atoms with E-state index in [9.17, 15) is 14.3 Å². The van der Waals surface area contributed by atoms with Crippen molar-refractivity contribution in [2.45, 2.75) is 25.4 Å². The smallest absolute Gasteiger partial charge is 0.257 e. The van der Waals surface area contributed by atoms with Crippen molar-refractivity contribution >= 4 is 11.7 Å². The Labute approximate surface area is 104 Å². The molecule has 2 heterocycles. The van der Waals surface area contributed by atoms with Crippen LogP contribution >= 0.6 is 0 Å². The summed E-state index contributed by atoms with van der Waals surface area (Å²) >= 11 is 0. The highest BCUT2D eigenvalue weighted by Crippen LogP contribution is 2.23. The van der Waals surface area contributed by atoms with Gasteiger partial charge in [0.25, 0.3) is 5.91 Å². The van der Waals surface area contributed by atoms with Crippen LogP contribution in [-0.4, -0.2) is 39.6 Å². The maximum absolute atomic E-state index is 13.7. The van der Waals surface area contributed by atoms with Crippen LogP contribution in [0.1, 0.15) is 30.1 Å². The van der Waals surface area contributed by atoms with E-state index in [4.69, 9.17) is 5.73 Å². The van der Waals surface area contributed by atoms with Crippen molar-refractivity contribution in [3.63, 3.8) is 0 Å². The van der Waals surface area contributed by atoms with Crippen LogP contribution in [0.15, 0.2) is 12.3 Å². The van der Waals surface area contributed by atoms with Gasteiger partial charge >= 0.3 is 0 Å². The third-order valence-corrected chi connectivity index (χ3v) is 3.27. The number of pyridine rings is 1. The van der Waals surface area contributed by atoms with E-state index in [0.29, 0.717) is 25.9 Å². The number of carbonyl (C=O) groups is 1. The largest absolute Gasteiger partial charge is 0.390 e. The summed E-state index contributed by atoms with van der Waals surface area (Å²) < 4.78 is 13.7. The summed E-state index contributed by atoms with van der Waals surface area (Å²) in [6, 6.07) is 1.32. The molecule has 0 saturated carbocycles. The lowest BCUT2D eigenvalue weighted by molar-refractivity contribution is -0.00213. The Kier molecular flexibility index (Phi) is 3.21. The Balaban J connectivity index is 2.15. The number of halogens is 1. The van der Waals surface area contributed by atoms with Crippen LogP contribution in [0.4, 0.5) is 10.2 Å². The lowest BCUT2D eigenvalue weighted by Crippen LogP contribution is -2.45.